The van der Waals surface area contributed by atoms with Crippen molar-refractivity contribution in [3.05, 3.63) is 35.6 Å². The van der Waals surface area contributed by atoms with Crippen LogP contribution in [-0.2, 0) is 0 Å². The number of likely N-dealkylation sites (tertiary alicyclic amines) is 1. The first-order valence-corrected chi connectivity index (χ1v) is 6.47. The van der Waals surface area contributed by atoms with E-state index in [0.29, 0.717) is 12.1 Å². The quantitative estimate of drug-likeness (QED) is 0.838. The van der Waals surface area contributed by atoms with Gasteiger partial charge in [-0.3, -0.25) is 9.69 Å². The molecule has 0 aromatic heterocycles. The van der Waals surface area contributed by atoms with E-state index < -0.39 is 5.82 Å². The van der Waals surface area contributed by atoms with Crippen molar-refractivity contribution >= 4 is 5.91 Å². The second-order valence-corrected chi connectivity index (χ2v) is 4.53. The lowest BCUT2D eigenvalue weighted by molar-refractivity contribution is 0.0958. The molecule has 0 aliphatic carbocycles. The fraction of sp³-hybridized carbons (Fsp3) is 0.400. The van der Waals surface area contributed by atoms with Crippen molar-refractivity contribution in [2.24, 2.45) is 0 Å². The van der Waals surface area contributed by atoms with Gasteiger partial charge in [-0.15, -0.1) is 0 Å². The van der Waals surface area contributed by atoms with Gasteiger partial charge >= 0.3 is 0 Å². The largest absolute Gasteiger partial charge is 0.341 e. The molecule has 100 valence electrons. The first-order chi connectivity index (χ1) is 9.25. The first-order valence-electron chi connectivity index (χ1n) is 6.47. The molecule has 1 fully saturated rings. The molecule has 0 unspecified atom stereocenters. The molecule has 0 bridgehead atoms. The van der Waals surface area contributed by atoms with E-state index in [4.69, 9.17) is 0 Å². The zero-order chi connectivity index (χ0) is 13.5. The summed E-state index contributed by atoms with van der Waals surface area (Å²) in [5, 5.41) is 2.65. The van der Waals surface area contributed by atoms with Crippen LogP contribution in [0.4, 0.5) is 4.39 Å². The molecular formula is C15H17FN2O. The van der Waals surface area contributed by atoms with Crippen LogP contribution in [0.5, 0.6) is 0 Å². The predicted octanol–water partition coefficient (Wildman–Crippen LogP) is 1.65. The van der Waals surface area contributed by atoms with Crippen molar-refractivity contribution < 1.29 is 9.18 Å². The number of rotatable bonds is 3. The van der Waals surface area contributed by atoms with E-state index in [-0.39, 0.29) is 5.91 Å². The number of carbonyl (C=O) groups excluding carboxylic acids is 1. The summed E-state index contributed by atoms with van der Waals surface area (Å²) < 4.78 is 12.9. The Labute approximate surface area is 112 Å². The SMILES string of the molecule is O=C(NCC#CCN1CCCC1)c1cccc(F)c1. The summed E-state index contributed by atoms with van der Waals surface area (Å²) in [5.41, 5.74) is 0.321. The molecule has 1 heterocycles. The van der Waals surface area contributed by atoms with Gasteiger partial charge in [0, 0.05) is 5.56 Å². The van der Waals surface area contributed by atoms with Crippen LogP contribution in [0.3, 0.4) is 0 Å². The van der Waals surface area contributed by atoms with Gasteiger partial charge in [-0.2, -0.15) is 0 Å². The molecule has 1 aromatic rings. The molecule has 3 nitrogen and oxygen atoms in total. The third-order valence-corrected chi connectivity index (χ3v) is 3.05. The average Bonchev–Trinajstić information content (AvgIpc) is 2.91. The number of halogens is 1. The average molecular weight is 260 g/mol. The van der Waals surface area contributed by atoms with E-state index in [1.54, 1.807) is 6.07 Å². The molecule has 1 aliphatic heterocycles. The van der Waals surface area contributed by atoms with E-state index in [1.807, 2.05) is 0 Å². The third-order valence-electron chi connectivity index (χ3n) is 3.05. The summed E-state index contributed by atoms with van der Waals surface area (Å²) in [6.07, 6.45) is 2.50. The van der Waals surface area contributed by atoms with E-state index in [1.165, 1.54) is 31.0 Å². The lowest BCUT2D eigenvalue weighted by Crippen LogP contribution is -2.24. The van der Waals surface area contributed by atoms with Gasteiger partial charge in [-0.1, -0.05) is 17.9 Å². The maximum absolute atomic E-state index is 12.9. The van der Waals surface area contributed by atoms with Gasteiger partial charge in [-0.25, -0.2) is 4.39 Å². The highest BCUT2D eigenvalue weighted by Crippen LogP contribution is 2.05. The van der Waals surface area contributed by atoms with Crippen molar-refractivity contribution in [1.82, 2.24) is 10.2 Å². The molecular weight excluding hydrogens is 243 g/mol. The second-order valence-electron chi connectivity index (χ2n) is 4.53. The molecule has 1 amide bonds. The van der Waals surface area contributed by atoms with Crippen LogP contribution in [0.1, 0.15) is 23.2 Å². The van der Waals surface area contributed by atoms with Gasteiger partial charge in [0.2, 0.25) is 0 Å². The van der Waals surface area contributed by atoms with Crippen molar-refractivity contribution in [2.45, 2.75) is 12.8 Å². The minimum atomic E-state index is -0.409. The van der Waals surface area contributed by atoms with E-state index in [0.717, 1.165) is 19.6 Å². The summed E-state index contributed by atoms with van der Waals surface area (Å²) in [6, 6.07) is 5.62. The zero-order valence-electron chi connectivity index (χ0n) is 10.8. The molecule has 0 spiro atoms. The summed E-state index contributed by atoms with van der Waals surface area (Å²) in [5.74, 6) is 5.24. The van der Waals surface area contributed by atoms with E-state index in [2.05, 4.69) is 22.1 Å². The van der Waals surface area contributed by atoms with Gasteiger partial charge in [0.25, 0.3) is 5.91 Å². The fourth-order valence-electron chi connectivity index (χ4n) is 2.03. The number of benzene rings is 1. The van der Waals surface area contributed by atoms with E-state index in [9.17, 15) is 9.18 Å². The Hall–Kier alpha value is -1.86. The van der Waals surface area contributed by atoms with Gasteiger partial charge in [-0.05, 0) is 44.1 Å². The summed E-state index contributed by atoms with van der Waals surface area (Å²) >= 11 is 0. The zero-order valence-corrected chi connectivity index (χ0v) is 10.8. The molecule has 4 heteroatoms. The minimum absolute atomic E-state index is 0.295. The number of hydrogen-bond acceptors (Lipinski definition) is 2. The lowest BCUT2D eigenvalue weighted by Gasteiger charge is -2.08. The topological polar surface area (TPSA) is 32.3 Å². The number of amides is 1. The number of nitrogens with zero attached hydrogens (tertiary/aromatic N) is 1. The van der Waals surface area contributed by atoms with Crippen molar-refractivity contribution in [3.63, 3.8) is 0 Å². The first kappa shape index (κ1) is 13.6. The smallest absolute Gasteiger partial charge is 0.252 e. The number of carbonyl (C=O) groups is 1. The number of nitrogens with one attached hydrogen (secondary N) is 1. The fourth-order valence-corrected chi connectivity index (χ4v) is 2.03. The molecule has 1 saturated heterocycles. The Morgan fingerprint density at radius 1 is 1.32 bits per heavy atom. The highest BCUT2D eigenvalue weighted by Gasteiger charge is 2.08. The van der Waals surface area contributed by atoms with Gasteiger partial charge in [0.05, 0.1) is 13.1 Å². The predicted molar refractivity (Wildman–Crippen MR) is 72.2 cm³/mol. The van der Waals surface area contributed by atoms with Gasteiger partial charge < -0.3 is 5.32 Å². The van der Waals surface area contributed by atoms with Crippen LogP contribution in [0.25, 0.3) is 0 Å². The van der Waals surface area contributed by atoms with Gasteiger partial charge in [0.15, 0.2) is 0 Å². The monoisotopic (exact) mass is 260 g/mol. The summed E-state index contributed by atoms with van der Waals surface area (Å²) in [6.45, 7) is 3.29. The molecule has 0 atom stereocenters. The van der Waals surface area contributed by atoms with Crippen LogP contribution in [0.15, 0.2) is 24.3 Å². The Bertz CT molecular complexity index is 498. The van der Waals surface area contributed by atoms with Crippen molar-refractivity contribution in [1.29, 1.82) is 0 Å². The Kier molecular flexibility index (Phi) is 4.93. The van der Waals surface area contributed by atoms with Crippen LogP contribution in [0, 0.1) is 17.7 Å². The minimum Gasteiger partial charge on any atom is -0.341 e. The maximum Gasteiger partial charge on any atom is 0.252 e. The number of hydrogen-bond donors (Lipinski definition) is 1. The van der Waals surface area contributed by atoms with Crippen LogP contribution >= 0.6 is 0 Å². The van der Waals surface area contributed by atoms with Crippen LogP contribution < -0.4 is 5.32 Å². The van der Waals surface area contributed by atoms with Crippen LogP contribution in [-0.4, -0.2) is 37.0 Å². The highest BCUT2D eigenvalue weighted by atomic mass is 19.1. The Balaban J connectivity index is 1.73. The van der Waals surface area contributed by atoms with Gasteiger partial charge in [0.1, 0.15) is 5.82 Å². The Morgan fingerprint density at radius 2 is 2.11 bits per heavy atom. The standard InChI is InChI=1S/C15H17FN2O/c16-14-7-5-6-13(12-14)15(19)17-8-1-2-9-18-10-3-4-11-18/h5-7,12H,3-4,8-11H2,(H,17,19). The molecule has 1 aromatic carbocycles. The van der Waals surface area contributed by atoms with Crippen molar-refractivity contribution in [3.8, 4) is 11.8 Å². The molecule has 1 N–H and O–H groups in total. The summed E-state index contributed by atoms with van der Waals surface area (Å²) in [7, 11) is 0. The molecule has 0 radical (unpaired) electrons. The lowest BCUT2D eigenvalue weighted by atomic mass is 10.2. The highest BCUT2D eigenvalue weighted by molar-refractivity contribution is 5.94. The second kappa shape index (κ2) is 6.91. The maximum atomic E-state index is 12.9. The molecule has 2 rings (SSSR count). The molecule has 0 saturated carbocycles. The molecule has 19 heavy (non-hydrogen) atoms. The van der Waals surface area contributed by atoms with Crippen molar-refractivity contribution in [2.75, 3.05) is 26.2 Å². The van der Waals surface area contributed by atoms with Crippen LogP contribution in [0.2, 0.25) is 0 Å². The normalized spacial score (nSPS) is 14.8. The van der Waals surface area contributed by atoms with E-state index >= 15 is 0 Å². The third kappa shape index (κ3) is 4.38. The summed E-state index contributed by atoms with van der Waals surface area (Å²) in [4.78, 5) is 14.0. The Morgan fingerprint density at radius 3 is 2.84 bits per heavy atom. The molecule has 1 aliphatic rings.